The summed E-state index contributed by atoms with van der Waals surface area (Å²) < 4.78 is 16.0. The van der Waals surface area contributed by atoms with Crippen molar-refractivity contribution in [3.63, 3.8) is 0 Å². The van der Waals surface area contributed by atoms with Crippen LogP contribution in [0.3, 0.4) is 0 Å². The average Bonchev–Trinajstić information content (AvgIpc) is 3.09. The lowest BCUT2D eigenvalue weighted by atomic mass is 9.94. The number of carbonyl (C=O) groups is 1. The molecule has 1 saturated carbocycles. The minimum absolute atomic E-state index is 0.0903. The lowest BCUT2D eigenvalue weighted by Crippen LogP contribution is -2.39. The molecule has 1 amide bonds. The summed E-state index contributed by atoms with van der Waals surface area (Å²) in [5.41, 5.74) is 0.393. The zero-order valence-corrected chi connectivity index (χ0v) is 16.4. The summed E-state index contributed by atoms with van der Waals surface area (Å²) in [7, 11) is 1.89. The molecule has 1 aromatic carbocycles. The van der Waals surface area contributed by atoms with Crippen LogP contribution in [-0.4, -0.2) is 44.4 Å². The summed E-state index contributed by atoms with van der Waals surface area (Å²) in [4.78, 5) is 14.5. The van der Waals surface area contributed by atoms with Crippen LogP contribution in [0.25, 0.3) is 11.4 Å². The van der Waals surface area contributed by atoms with Crippen molar-refractivity contribution in [2.24, 2.45) is 0 Å². The van der Waals surface area contributed by atoms with Gasteiger partial charge in [0.15, 0.2) is 11.0 Å². The molecule has 1 aromatic heterocycles. The van der Waals surface area contributed by atoms with E-state index >= 15 is 0 Å². The largest absolute Gasteiger partial charge is 0.342 e. The lowest BCUT2D eigenvalue weighted by Gasteiger charge is -2.31. The molecule has 0 atom stereocenters. The minimum atomic E-state index is -0.347. The molecule has 0 unspecified atom stereocenters. The number of allylic oxidation sites excluding steroid dienone is 1. The molecule has 1 aliphatic carbocycles. The highest BCUT2D eigenvalue weighted by Gasteiger charge is 2.23. The Balaban J connectivity index is 1.72. The number of thioether (sulfide) groups is 1. The van der Waals surface area contributed by atoms with Crippen molar-refractivity contribution in [2.75, 3.05) is 12.8 Å². The number of benzene rings is 1. The van der Waals surface area contributed by atoms with Crippen LogP contribution in [-0.2, 0) is 11.3 Å². The normalized spacial score (nSPS) is 14.9. The second kappa shape index (κ2) is 9.17. The van der Waals surface area contributed by atoms with E-state index in [2.05, 4.69) is 16.8 Å². The first-order valence-corrected chi connectivity index (χ1v) is 10.3. The van der Waals surface area contributed by atoms with Gasteiger partial charge in [-0.05, 0) is 25.0 Å². The molecule has 1 aliphatic rings. The SMILES string of the molecule is C=CCn1c(SCC(=O)N(C)C2CCCCC2)nnc1-c1ccccc1F. The third-order valence-corrected chi connectivity index (χ3v) is 5.94. The molecule has 0 spiro atoms. The molecule has 0 N–H and O–H groups in total. The van der Waals surface area contributed by atoms with Gasteiger partial charge < -0.3 is 4.90 Å². The monoisotopic (exact) mass is 388 g/mol. The highest BCUT2D eigenvalue weighted by atomic mass is 32.2. The number of rotatable bonds is 7. The molecular formula is C20H25FN4OS. The smallest absolute Gasteiger partial charge is 0.233 e. The van der Waals surface area contributed by atoms with Gasteiger partial charge in [-0.2, -0.15) is 0 Å². The maximum atomic E-state index is 14.2. The van der Waals surface area contributed by atoms with E-state index in [4.69, 9.17) is 0 Å². The quantitative estimate of drug-likeness (QED) is 0.528. The molecule has 27 heavy (non-hydrogen) atoms. The van der Waals surface area contributed by atoms with Crippen LogP contribution in [0.2, 0.25) is 0 Å². The summed E-state index contributed by atoms with van der Waals surface area (Å²) in [6.07, 6.45) is 7.52. The second-order valence-corrected chi connectivity index (χ2v) is 7.71. The first-order chi connectivity index (χ1) is 13.1. The Labute approximate surface area is 163 Å². The molecule has 0 bridgehead atoms. The van der Waals surface area contributed by atoms with E-state index in [-0.39, 0.29) is 11.7 Å². The first kappa shape index (κ1) is 19.6. The van der Waals surface area contributed by atoms with E-state index < -0.39 is 0 Å². The third-order valence-electron chi connectivity index (χ3n) is 4.98. The van der Waals surface area contributed by atoms with Crippen molar-refractivity contribution < 1.29 is 9.18 Å². The van der Waals surface area contributed by atoms with Gasteiger partial charge in [-0.1, -0.05) is 49.2 Å². The van der Waals surface area contributed by atoms with E-state index in [0.29, 0.717) is 34.9 Å². The van der Waals surface area contributed by atoms with Gasteiger partial charge in [-0.15, -0.1) is 16.8 Å². The first-order valence-electron chi connectivity index (χ1n) is 9.29. The van der Waals surface area contributed by atoms with E-state index in [9.17, 15) is 9.18 Å². The van der Waals surface area contributed by atoms with E-state index in [1.807, 2.05) is 11.9 Å². The Bertz CT molecular complexity index is 801. The molecule has 0 radical (unpaired) electrons. The predicted octanol–water partition coefficient (Wildman–Crippen LogP) is 4.15. The van der Waals surface area contributed by atoms with Gasteiger partial charge in [-0.25, -0.2) is 4.39 Å². The molecule has 2 aromatic rings. The van der Waals surface area contributed by atoms with Crippen LogP contribution in [0.15, 0.2) is 42.1 Å². The summed E-state index contributed by atoms with van der Waals surface area (Å²) in [5, 5.41) is 8.94. The number of nitrogens with zero attached hydrogens (tertiary/aromatic N) is 4. The Morgan fingerprint density at radius 1 is 1.33 bits per heavy atom. The van der Waals surface area contributed by atoms with Gasteiger partial charge in [0.05, 0.1) is 11.3 Å². The predicted molar refractivity (Wildman–Crippen MR) is 106 cm³/mol. The van der Waals surface area contributed by atoms with E-state index in [0.717, 1.165) is 12.8 Å². The van der Waals surface area contributed by atoms with Crippen molar-refractivity contribution in [3.05, 3.63) is 42.7 Å². The van der Waals surface area contributed by atoms with Crippen LogP contribution >= 0.6 is 11.8 Å². The fourth-order valence-corrected chi connectivity index (χ4v) is 4.30. The maximum Gasteiger partial charge on any atom is 0.233 e. The van der Waals surface area contributed by atoms with Crippen LogP contribution in [0, 0.1) is 5.82 Å². The van der Waals surface area contributed by atoms with Crippen LogP contribution in [0.4, 0.5) is 4.39 Å². The zero-order chi connectivity index (χ0) is 19.2. The highest BCUT2D eigenvalue weighted by Crippen LogP contribution is 2.27. The molecule has 1 fully saturated rings. The molecule has 7 heteroatoms. The summed E-state index contributed by atoms with van der Waals surface area (Å²) in [6, 6.07) is 6.82. The zero-order valence-electron chi connectivity index (χ0n) is 15.6. The fraction of sp³-hybridized carbons (Fsp3) is 0.450. The molecule has 5 nitrogen and oxygen atoms in total. The minimum Gasteiger partial charge on any atom is -0.342 e. The number of hydrogen-bond acceptors (Lipinski definition) is 4. The number of halogens is 1. The van der Waals surface area contributed by atoms with Gasteiger partial charge in [-0.3, -0.25) is 9.36 Å². The Kier molecular flexibility index (Phi) is 6.66. The molecule has 3 rings (SSSR count). The second-order valence-electron chi connectivity index (χ2n) is 6.77. The number of amides is 1. The van der Waals surface area contributed by atoms with Crippen LogP contribution in [0.5, 0.6) is 0 Å². The van der Waals surface area contributed by atoms with Crippen molar-refractivity contribution >= 4 is 17.7 Å². The molecule has 1 heterocycles. The Morgan fingerprint density at radius 2 is 2.07 bits per heavy atom. The fourth-order valence-electron chi connectivity index (χ4n) is 3.43. The topological polar surface area (TPSA) is 51.0 Å². The Hall–Kier alpha value is -2.15. The summed E-state index contributed by atoms with van der Waals surface area (Å²) in [6.45, 7) is 4.21. The Morgan fingerprint density at radius 3 is 2.78 bits per heavy atom. The van der Waals surface area contributed by atoms with Gasteiger partial charge in [0.1, 0.15) is 5.82 Å². The lowest BCUT2D eigenvalue weighted by molar-refractivity contribution is -0.129. The number of hydrogen-bond donors (Lipinski definition) is 0. The van der Waals surface area contributed by atoms with E-state index in [1.54, 1.807) is 28.8 Å². The highest BCUT2D eigenvalue weighted by molar-refractivity contribution is 7.99. The van der Waals surface area contributed by atoms with Crippen molar-refractivity contribution in [1.82, 2.24) is 19.7 Å². The van der Waals surface area contributed by atoms with Crippen molar-refractivity contribution in [2.45, 2.75) is 49.8 Å². The molecular weight excluding hydrogens is 363 g/mol. The number of aromatic nitrogens is 3. The number of carbonyl (C=O) groups excluding carboxylic acids is 1. The third kappa shape index (κ3) is 4.58. The van der Waals surface area contributed by atoms with E-state index in [1.165, 1.54) is 37.1 Å². The summed E-state index contributed by atoms with van der Waals surface area (Å²) in [5.74, 6) is 0.482. The van der Waals surface area contributed by atoms with Gasteiger partial charge in [0, 0.05) is 19.6 Å². The van der Waals surface area contributed by atoms with Gasteiger partial charge in [0.25, 0.3) is 0 Å². The maximum absolute atomic E-state index is 14.2. The van der Waals surface area contributed by atoms with Gasteiger partial charge >= 0.3 is 0 Å². The summed E-state index contributed by atoms with van der Waals surface area (Å²) >= 11 is 1.34. The average molecular weight is 389 g/mol. The molecule has 144 valence electrons. The van der Waals surface area contributed by atoms with Crippen molar-refractivity contribution in [1.29, 1.82) is 0 Å². The van der Waals surface area contributed by atoms with Crippen LogP contribution in [0.1, 0.15) is 32.1 Å². The standard InChI is InChI=1S/C20H25FN4OS/c1-3-13-25-19(16-11-7-8-12-17(16)21)22-23-20(25)27-14-18(26)24(2)15-9-5-4-6-10-15/h3,7-8,11-12,15H,1,4-6,9-10,13-14H2,2H3. The van der Waals surface area contributed by atoms with Crippen molar-refractivity contribution in [3.8, 4) is 11.4 Å². The molecule has 0 aliphatic heterocycles. The van der Waals surface area contributed by atoms with Gasteiger partial charge in [0.2, 0.25) is 5.91 Å². The molecule has 0 saturated heterocycles. The van der Waals surface area contributed by atoms with Crippen LogP contribution < -0.4 is 0 Å².